The second-order valence-corrected chi connectivity index (χ2v) is 6.84. The van der Waals surface area contributed by atoms with E-state index in [1.165, 1.54) is 18.2 Å². The first-order valence-electron chi connectivity index (χ1n) is 5.89. The summed E-state index contributed by atoms with van der Waals surface area (Å²) in [4.78, 5) is 10.9. The minimum absolute atomic E-state index is 0.0571. The van der Waals surface area contributed by atoms with Crippen molar-refractivity contribution >= 4 is 39.2 Å². The van der Waals surface area contributed by atoms with Gasteiger partial charge in [0.15, 0.2) is 0 Å². The highest BCUT2D eigenvalue weighted by Gasteiger charge is 2.31. The summed E-state index contributed by atoms with van der Waals surface area (Å²) in [6, 6.07) is 3.02. The number of halogens is 2. The summed E-state index contributed by atoms with van der Waals surface area (Å²) in [6.07, 6.45) is 0.510. The highest BCUT2D eigenvalue weighted by atomic mass is 35.5. The van der Waals surface area contributed by atoms with Gasteiger partial charge in [0.25, 0.3) is 0 Å². The number of hydrogen-bond donors (Lipinski definition) is 2. The molecule has 2 N–H and O–H groups in total. The van der Waals surface area contributed by atoms with E-state index >= 15 is 0 Å². The van der Waals surface area contributed by atoms with E-state index in [4.69, 9.17) is 28.3 Å². The number of sulfonamides is 1. The molecule has 8 heteroatoms. The van der Waals surface area contributed by atoms with Crippen LogP contribution in [-0.2, 0) is 14.8 Å². The molecule has 2 atom stereocenters. The molecule has 0 fully saturated rings. The predicted molar refractivity (Wildman–Crippen MR) is 77.7 cm³/mol. The van der Waals surface area contributed by atoms with E-state index in [1.54, 1.807) is 13.8 Å². The molecule has 0 heterocycles. The molecule has 0 bridgehead atoms. The Morgan fingerprint density at radius 1 is 1.35 bits per heavy atom. The number of hydrogen-bond acceptors (Lipinski definition) is 3. The molecule has 0 amide bonds. The number of aliphatic carboxylic acids is 1. The van der Waals surface area contributed by atoms with Crippen LogP contribution in [0.5, 0.6) is 0 Å². The molecule has 0 aromatic heterocycles. The van der Waals surface area contributed by atoms with E-state index in [-0.39, 0.29) is 20.9 Å². The van der Waals surface area contributed by atoms with Crippen molar-refractivity contribution in [3.8, 4) is 0 Å². The number of nitrogens with one attached hydrogen (secondary N) is 1. The lowest BCUT2D eigenvalue weighted by Gasteiger charge is -2.20. The van der Waals surface area contributed by atoms with Crippen LogP contribution in [0.25, 0.3) is 0 Å². The second kappa shape index (κ2) is 6.76. The number of rotatable bonds is 6. The lowest BCUT2D eigenvalue weighted by Crippen LogP contribution is -2.45. The fraction of sp³-hybridized carbons (Fsp3) is 0.417. The van der Waals surface area contributed by atoms with Crippen molar-refractivity contribution in [2.24, 2.45) is 5.92 Å². The van der Waals surface area contributed by atoms with Crippen molar-refractivity contribution in [3.05, 3.63) is 28.2 Å². The van der Waals surface area contributed by atoms with Gasteiger partial charge in [0.05, 0.1) is 10.0 Å². The molecule has 0 saturated heterocycles. The number of carbonyl (C=O) groups is 1. The third kappa shape index (κ3) is 3.85. The highest BCUT2D eigenvalue weighted by Crippen LogP contribution is 2.29. The van der Waals surface area contributed by atoms with Crippen LogP contribution in [0.4, 0.5) is 0 Å². The first-order chi connectivity index (χ1) is 9.20. The predicted octanol–water partition coefficient (Wildman–Crippen LogP) is 2.77. The number of benzene rings is 1. The van der Waals surface area contributed by atoms with E-state index in [0.717, 1.165) is 0 Å². The van der Waals surface area contributed by atoms with E-state index in [9.17, 15) is 13.2 Å². The van der Waals surface area contributed by atoms with Gasteiger partial charge in [-0.15, -0.1) is 0 Å². The maximum Gasteiger partial charge on any atom is 0.322 e. The monoisotopic (exact) mass is 339 g/mol. The Balaban J connectivity index is 3.20. The summed E-state index contributed by atoms with van der Waals surface area (Å²) in [5.41, 5.74) is 0. The Morgan fingerprint density at radius 2 is 1.85 bits per heavy atom. The third-order valence-electron chi connectivity index (χ3n) is 2.95. The molecule has 0 saturated carbocycles. The van der Waals surface area contributed by atoms with Crippen LogP contribution in [0.2, 0.25) is 10.0 Å². The summed E-state index contributed by atoms with van der Waals surface area (Å²) in [5, 5.41) is 9.02. The third-order valence-corrected chi connectivity index (χ3v) is 5.34. The van der Waals surface area contributed by atoms with Gasteiger partial charge in [-0.05, 0) is 18.1 Å². The summed E-state index contributed by atoms with van der Waals surface area (Å²) in [7, 11) is -4.12. The van der Waals surface area contributed by atoms with Gasteiger partial charge >= 0.3 is 5.97 Å². The van der Waals surface area contributed by atoms with Gasteiger partial charge in [-0.2, -0.15) is 4.72 Å². The lowest BCUT2D eigenvalue weighted by atomic mass is 10.0. The summed E-state index contributed by atoms with van der Waals surface area (Å²) < 4.78 is 26.7. The Hall–Kier alpha value is -0.820. The molecule has 1 aromatic carbocycles. The van der Waals surface area contributed by atoms with Crippen LogP contribution >= 0.6 is 23.2 Å². The van der Waals surface area contributed by atoms with E-state index in [1.807, 2.05) is 0 Å². The van der Waals surface area contributed by atoms with Crippen LogP contribution in [0, 0.1) is 5.92 Å². The van der Waals surface area contributed by atoms with E-state index in [2.05, 4.69) is 4.72 Å². The normalized spacial score (nSPS) is 14.8. The van der Waals surface area contributed by atoms with Gasteiger partial charge in [0.2, 0.25) is 10.0 Å². The van der Waals surface area contributed by atoms with Crippen LogP contribution in [0.1, 0.15) is 20.3 Å². The standard InChI is InChI=1S/C12H15Cl2NO4S/c1-3-7(2)10(12(16)17)15-20(18,19)11-8(13)5-4-6-9(11)14/h4-7,10,15H,3H2,1-2H3,(H,16,17)/t7-,10-/m0/s1. The average Bonchev–Trinajstić information content (AvgIpc) is 2.34. The molecule has 0 unspecified atom stereocenters. The van der Waals surface area contributed by atoms with Crippen molar-refractivity contribution in [1.29, 1.82) is 0 Å². The van der Waals surface area contributed by atoms with Crippen molar-refractivity contribution < 1.29 is 18.3 Å². The second-order valence-electron chi connectivity index (χ2n) is 4.37. The highest BCUT2D eigenvalue weighted by molar-refractivity contribution is 7.89. The van der Waals surface area contributed by atoms with Crippen LogP contribution in [0.15, 0.2) is 23.1 Å². The summed E-state index contributed by atoms with van der Waals surface area (Å²) >= 11 is 11.7. The Bertz CT molecular complexity index is 583. The van der Waals surface area contributed by atoms with Crippen LogP contribution in [0.3, 0.4) is 0 Å². The largest absolute Gasteiger partial charge is 0.480 e. The fourth-order valence-electron chi connectivity index (χ4n) is 1.61. The molecule has 0 spiro atoms. The summed E-state index contributed by atoms with van der Waals surface area (Å²) in [6.45, 7) is 3.42. The fourth-order valence-corrected chi connectivity index (χ4v) is 4.05. The molecule has 0 aliphatic carbocycles. The topological polar surface area (TPSA) is 83.5 Å². The van der Waals surface area contributed by atoms with Crippen molar-refractivity contribution in [1.82, 2.24) is 4.72 Å². The molecule has 0 radical (unpaired) electrons. The molecular weight excluding hydrogens is 325 g/mol. The zero-order chi connectivity index (χ0) is 15.5. The minimum atomic E-state index is -4.12. The molecule has 0 aliphatic heterocycles. The van der Waals surface area contributed by atoms with Gasteiger partial charge in [0, 0.05) is 0 Å². The van der Waals surface area contributed by atoms with Gasteiger partial charge in [-0.25, -0.2) is 8.42 Å². The molecule has 0 aliphatic rings. The molecule has 20 heavy (non-hydrogen) atoms. The maximum absolute atomic E-state index is 12.3. The molecular formula is C12H15Cl2NO4S. The quantitative estimate of drug-likeness (QED) is 0.834. The van der Waals surface area contributed by atoms with Gasteiger partial charge < -0.3 is 5.11 Å². The Kier molecular flexibility index (Phi) is 5.82. The minimum Gasteiger partial charge on any atom is -0.480 e. The maximum atomic E-state index is 12.3. The van der Waals surface area contributed by atoms with Crippen molar-refractivity contribution in [2.75, 3.05) is 0 Å². The smallest absolute Gasteiger partial charge is 0.322 e. The van der Waals surface area contributed by atoms with Gasteiger partial charge in [0.1, 0.15) is 10.9 Å². The van der Waals surface area contributed by atoms with Gasteiger partial charge in [-0.3, -0.25) is 4.79 Å². The first-order valence-corrected chi connectivity index (χ1v) is 8.13. The Labute approximate surface area is 127 Å². The van der Waals surface area contributed by atoms with Crippen LogP contribution in [-0.4, -0.2) is 25.5 Å². The average molecular weight is 340 g/mol. The SMILES string of the molecule is CC[C@H](C)[C@H](NS(=O)(=O)c1c(Cl)cccc1Cl)C(=O)O. The van der Waals surface area contributed by atoms with Gasteiger partial charge in [-0.1, -0.05) is 49.5 Å². The zero-order valence-corrected chi connectivity index (χ0v) is 13.3. The van der Waals surface area contributed by atoms with Crippen molar-refractivity contribution in [2.45, 2.75) is 31.2 Å². The molecule has 1 aromatic rings. The number of carboxylic acid groups (broad SMARTS) is 1. The molecule has 5 nitrogen and oxygen atoms in total. The zero-order valence-electron chi connectivity index (χ0n) is 10.9. The lowest BCUT2D eigenvalue weighted by molar-refractivity contribution is -0.140. The Morgan fingerprint density at radius 3 is 2.25 bits per heavy atom. The van der Waals surface area contributed by atoms with Crippen molar-refractivity contribution in [3.63, 3.8) is 0 Å². The first kappa shape index (κ1) is 17.2. The van der Waals surface area contributed by atoms with Crippen LogP contribution < -0.4 is 4.72 Å². The van der Waals surface area contributed by atoms with E-state index < -0.39 is 22.0 Å². The van der Waals surface area contributed by atoms with E-state index in [0.29, 0.717) is 6.42 Å². The molecule has 1 rings (SSSR count). The molecule has 112 valence electrons. The summed E-state index contributed by atoms with van der Waals surface area (Å²) in [5.74, 6) is -1.62. The number of carboxylic acids is 1.